The first-order chi connectivity index (χ1) is 8.49. The molecule has 0 aliphatic rings. The van der Waals surface area contributed by atoms with E-state index in [1.54, 1.807) is 6.07 Å². The van der Waals surface area contributed by atoms with Gasteiger partial charge in [0.25, 0.3) is 0 Å². The lowest BCUT2D eigenvalue weighted by atomic mass is 10.0. The Bertz CT molecular complexity index is 582. The molecule has 0 spiro atoms. The van der Waals surface area contributed by atoms with Gasteiger partial charge in [-0.05, 0) is 47.9 Å². The van der Waals surface area contributed by atoms with E-state index in [0.717, 1.165) is 15.6 Å². The monoisotopic (exact) mass is 406 g/mol. The molecule has 94 valence electrons. The Morgan fingerprint density at radius 3 is 2.44 bits per heavy atom. The van der Waals surface area contributed by atoms with Gasteiger partial charge in [-0.2, -0.15) is 0 Å². The summed E-state index contributed by atoms with van der Waals surface area (Å²) >= 11 is 19.4. The van der Waals surface area contributed by atoms with Crippen LogP contribution in [0.5, 0.6) is 0 Å². The fourth-order valence-corrected chi connectivity index (χ4v) is 3.16. The van der Waals surface area contributed by atoms with Crippen molar-refractivity contribution in [3.05, 3.63) is 67.6 Å². The van der Waals surface area contributed by atoms with E-state index in [4.69, 9.17) is 23.2 Å². The summed E-state index contributed by atoms with van der Waals surface area (Å²) in [5.41, 5.74) is 3.32. The van der Waals surface area contributed by atoms with Gasteiger partial charge in [0, 0.05) is 14.5 Å². The van der Waals surface area contributed by atoms with Crippen LogP contribution < -0.4 is 0 Å². The van der Waals surface area contributed by atoms with Gasteiger partial charge in [0.2, 0.25) is 0 Å². The molecule has 0 aliphatic heterocycles. The summed E-state index contributed by atoms with van der Waals surface area (Å²) in [5.74, 6) is 0. The molecule has 0 saturated carbocycles. The lowest BCUT2D eigenvalue weighted by Crippen LogP contribution is -1.95. The van der Waals surface area contributed by atoms with Gasteiger partial charge in [0.1, 0.15) is 0 Å². The Balaban J connectivity index is 2.44. The van der Waals surface area contributed by atoms with Crippen LogP contribution in [-0.4, -0.2) is 0 Å². The van der Waals surface area contributed by atoms with Gasteiger partial charge in [0.15, 0.2) is 0 Å². The Hall–Kier alpha value is -0.0200. The van der Waals surface area contributed by atoms with Crippen molar-refractivity contribution in [2.75, 3.05) is 0 Å². The van der Waals surface area contributed by atoms with Crippen molar-refractivity contribution in [2.24, 2.45) is 0 Å². The van der Waals surface area contributed by atoms with Crippen molar-refractivity contribution in [1.82, 2.24) is 0 Å². The van der Waals surface area contributed by atoms with Crippen molar-refractivity contribution in [2.45, 2.75) is 11.8 Å². The minimum atomic E-state index is 0.0375. The molecule has 18 heavy (non-hydrogen) atoms. The van der Waals surface area contributed by atoms with Crippen LogP contribution in [0.25, 0.3) is 0 Å². The highest BCUT2D eigenvalue weighted by molar-refractivity contribution is 9.10. The normalized spacial score (nSPS) is 12.5. The van der Waals surface area contributed by atoms with E-state index in [0.29, 0.717) is 10.0 Å². The van der Waals surface area contributed by atoms with E-state index in [1.165, 1.54) is 5.56 Å². The van der Waals surface area contributed by atoms with Crippen LogP contribution in [0.4, 0.5) is 0 Å². The summed E-state index contributed by atoms with van der Waals surface area (Å²) in [7, 11) is 0. The molecule has 0 saturated heterocycles. The van der Waals surface area contributed by atoms with Gasteiger partial charge < -0.3 is 0 Å². The van der Waals surface area contributed by atoms with Gasteiger partial charge in [-0.3, -0.25) is 0 Å². The summed E-state index contributed by atoms with van der Waals surface area (Å²) in [4.78, 5) is 0.0375. The number of aryl methyl sites for hydroxylation is 1. The Labute approximate surface area is 134 Å². The van der Waals surface area contributed by atoms with Gasteiger partial charge in [-0.1, -0.05) is 67.2 Å². The number of benzene rings is 2. The first-order valence-electron chi connectivity index (χ1n) is 5.34. The molecule has 2 aromatic rings. The third-order valence-corrected chi connectivity index (χ3v) is 5.20. The van der Waals surface area contributed by atoms with Gasteiger partial charge in [-0.25, -0.2) is 0 Å². The lowest BCUT2D eigenvalue weighted by Gasteiger charge is -2.14. The number of hydrogen-bond donors (Lipinski definition) is 0. The molecule has 0 N–H and O–H groups in total. The van der Waals surface area contributed by atoms with Crippen LogP contribution in [0.1, 0.15) is 21.5 Å². The molecular weight excluding hydrogens is 399 g/mol. The molecule has 0 nitrogen and oxygen atoms in total. The molecule has 0 fully saturated rings. The van der Waals surface area contributed by atoms with E-state index >= 15 is 0 Å². The van der Waals surface area contributed by atoms with Crippen LogP contribution in [0.15, 0.2) is 40.9 Å². The predicted octanol–water partition coefficient (Wildman–Crippen LogP) is 6.55. The molecule has 0 heterocycles. The summed E-state index contributed by atoms with van der Waals surface area (Å²) < 4.78 is 1.10. The minimum absolute atomic E-state index is 0.0375. The van der Waals surface area contributed by atoms with Crippen molar-refractivity contribution in [3.8, 4) is 0 Å². The zero-order valence-corrected chi connectivity index (χ0v) is 14.2. The van der Waals surface area contributed by atoms with Crippen LogP contribution in [0.2, 0.25) is 10.0 Å². The Morgan fingerprint density at radius 1 is 1.06 bits per heavy atom. The average Bonchev–Trinajstić information content (AvgIpc) is 2.35. The molecule has 0 aliphatic carbocycles. The molecule has 4 heteroatoms. The fraction of sp³-hybridized carbons (Fsp3) is 0.143. The second-order valence-electron chi connectivity index (χ2n) is 4.04. The molecule has 0 bridgehead atoms. The van der Waals surface area contributed by atoms with Crippen LogP contribution >= 0.6 is 55.1 Å². The summed E-state index contributed by atoms with van der Waals surface area (Å²) in [6.45, 7) is 2.06. The van der Waals surface area contributed by atoms with Crippen molar-refractivity contribution in [1.29, 1.82) is 0 Å². The number of alkyl halides is 1. The van der Waals surface area contributed by atoms with Crippen LogP contribution in [0.3, 0.4) is 0 Å². The second-order valence-corrected chi connectivity index (χ2v) is 6.65. The summed E-state index contributed by atoms with van der Waals surface area (Å²) in [5, 5.41) is 1.40. The van der Waals surface area contributed by atoms with E-state index in [9.17, 15) is 0 Å². The SMILES string of the molecule is Cc1cc(C(Br)c2cc(Cl)ccc2Cl)ccc1Br. The topological polar surface area (TPSA) is 0 Å². The third kappa shape index (κ3) is 3.11. The van der Waals surface area contributed by atoms with Crippen molar-refractivity contribution < 1.29 is 0 Å². The largest absolute Gasteiger partial charge is 0.0843 e. The van der Waals surface area contributed by atoms with Crippen LogP contribution in [0, 0.1) is 6.92 Å². The quantitative estimate of drug-likeness (QED) is 0.494. The first kappa shape index (κ1) is 14.4. The number of rotatable bonds is 2. The Morgan fingerprint density at radius 2 is 1.78 bits per heavy atom. The summed E-state index contributed by atoms with van der Waals surface area (Å²) in [6, 6.07) is 11.7. The van der Waals surface area contributed by atoms with Crippen molar-refractivity contribution in [3.63, 3.8) is 0 Å². The molecule has 2 aromatic carbocycles. The molecule has 2 rings (SSSR count). The standard InChI is InChI=1S/C14H10Br2Cl2/c1-8-6-9(2-4-12(8)15)14(16)11-7-10(17)3-5-13(11)18/h2-7,14H,1H3. The van der Waals surface area contributed by atoms with Crippen LogP contribution in [-0.2, 0) is 0 Å². The minimum Gasteiger partial charge on any atom is -0.0843 e. The van der Waals surface area contributed by atoms with E-state index in [-0.39, 0.29) is 4.83 Å². The highest BCUT2D eigenvalue weighted by atomic mass is 79.9. The maximum absolute atomic E-state index is 6.21. The molecule has 0 aromatic heterocycles. The number of hydrogen-bond acceptors (Lipinski definition) is 0. The average molecular weight is 409 g/mol. The highest BCUT2D eigenvalue weighted by Crippen LogP contribution is 2.37. The zero-order valence-electron chi connectivity index (χ0n) is 9.55. The lowest BCUT2D eigenvalue weighted by molar-refractivity contribution is 1.16. The van der Waals surface area contributed by atoms with E-state index in [2.05, 4.69) is 50.9 Å². The smallest absolute Gasteiger partial charge is 0.0659 e. The predicted molar refractivity (Wildman–Crippen MR) is 86.1 cm³/mol. The number of halogens is 4. The maximum atomic E-state index is 6.21. The zero-order chi connectivity index (χ0) is 13.3. The highest BCUT2D eigenvalue weighted by Gasteiger charge is 2.15. The molecule has 1 atom stereocenters. The molecule has 1 unspecified atom stereocenters. The molecular formula is C14H10Br2Cl2. The second kappa shape index (κ2) is 5.96. The van der Waals surface area contributed by atoms with Gasteiger partial charge in [0.05, 0.1) is 4.83 Å². The Kier molecular flexibility index (Phi) is 4.76. The third-order valence-electron chi connectivity index (χ3n) is 2.71. The maximum Gasteiger partial charge on any atom is 0.0659 e. The first-order valence-corrected chi connectivity index (χ1v) is 7.80. The molecule has 0 radical (unpaired) electrons. The fourth-order valence-electron chi connectivity index (χ4n) is 1.71. The van der Waals surface area contributed by atoms with Crippen molar-refractivity contribution >= 4 is 55.1 Å². The van der Waals surface area contributed by atoms with Gasteiger partial charge in [-0.15, -0.1) is 0 Å². The van der Waals surface area contributed by atoms with Gasteiger partial charge >= 0.3 is 0 Å². The van der Waals surface area contributed by atoms with E-state index in [1.807, 2.05) is 18.2 Å². The van der Waals surface area contributed by atoms with E-state index < -0.39 is 0 Å². The molecule has 0 amide bonds. The summed E-state index contributed by atoms with van der Waals surface area (Å²) in [6.07, 6.45) is 0.